The predicted octanol–water partition coefficient (Wildman–Crippen LogP) is 3.19. The van der Waals surface area contributed by atoms with Crippen LogP contribution in [0.3, 0.4) is 0 Å². The van der Waals surface area contributed by atoms with Gasteiger partial charge in [0.05, 0.1) is 6.26 Å². The van der Waals surface area contributed by atoms with E-state index in [1.807, 2.05) is 20.8 Å². The van der Waals surface area contributed by atoms with Gasteiger partial charge in [0.2, 0.25) is 0 Å². The van der Waals surface area contributed by atoms with Crippen molar-refractivity contribution in [1.29, 1.82) is 0 Å². The molecular weight excluding hydrogens is 260 g/mol. The molecule has 1 unspecified atom stereocenters. The lowest BCUT2D eigenvalue weighted by Gasteiger charge is -2.11. The average molecular weight is 278 g/mol. The summed E-state index contributed by atoms with van der Waals surface area (Å²) in [6.45, 7) is 9.33. The van der Waals surface area contributed by atoms with Crippen LogP contribution in [-0.4, -0.2) is 16.1 Å². The van der Waals surface area contributed by atoms with Crippen molar-refractivity contribution in [1.82, 2.24) is 10.1 Å². The molecule has 0 aliphatic heterocycles. The molecule has 0 saturated carbocycles. The summed E-state index contributed by atoms with van der Waals surface area (Å²) >= 11 is 0. The van der Waals surface area contributed by atoms with Gasteiger partial charge in [0.15, 0.2) is 11.9 Å². The second-order valence-corrected chi connectivity index (χ2v) is 5.64. The van der Waals surface area contributed by atoms with Crippen LogP contribution in [0, 0.1) is 6.92 Å². The molecule has 20 heavy (non-hydrogen) atoms. The van der Waals surface area contributed by atoms with Crippen molar-refractivity contribution in [2.45, 2.75) is 46.1 Å². The number of furan rings is 1. The van der Waals surface area contributed by atoms with Crippen molar-refractivity contribution in [2.75, 3.05) is 0 Å². The van der Waals surface area contributed by atoms with Gasteiger partial charge in [-0.2, -0.15) is 4.98 Å². The summed E-state index contributed by atoms with van der Waals surface area (Å²) in [5.41, 5.74) is 0.180. The number of aryl methyl sites for hydroxylation is 1. The fourth-order valence-corrected chi connectivity index (χ4v) is 1.58. The molecule has 2 aromatic heterocycles. The third kappa shape index (κ3) is 2.89. The predicted molar refractivity (Wildman–Crippen MR) is 70.3 cm³/mol. The van der Waals surface area contributed by atoms with E-state index in [1.165, 1.54) is 6.26 Å². The fourth-order valence-electron chi connectivity index (χ4n) is 1.58. The van der Waals surface area contributed by atoms with Crippen LogP contribution < -0.4 is 0 Å². The number of ether oxygens (including phenoxy) is 1. The second kappa shape index (κ2) is 5.11. The Morgan fingerprint density at radius 2 is 2.10 bits per heavy atom. The largest absolute Gasteiger partial charge is 0.469 e. The molecule has 2 heterocycles. The highest BCUT2D eigenvalue weighted by molar-refractivity contribution is 5.90. The van der Waals surface area contributed by atoms with E-state index < -0.39 is 12.1 Å². The molecule has 6 heteroatoms. The number of hydrogen-bond acceptors (Lipinski definition) is 6. The van der Waals surface area contributed by atoms with Crippen LogP contribution in [0.4, 0.5) is 0 Å². The summed E-state index contributed by atoms with van der Waals surface area (Å²) in [7, 11) is 0. The van der Waals surface area contributed by atoms with Crippen LogP contribution in [0.15, 0.2) is 21.3 Å². The smallest absolute Gasteiger partial charge is 0.342 e. The fraction of sp³-hybridized carbons (Fsp3) is 0.500. The van der Waals surface area contributed by atoms with E-state index in [2.05, 4.69) is 10.1 Å². The molecule has 2 rings (SSSR count). The van der Waals surface area contributed by atoms with Crippen molar-refractivity contribution < 1.29 is 18.5 Å². The zero-order valence-corrected chi connectivity index (χ0v) is 12.3. The van der Waals surface area contributed by atoms with Crippen LogP contribution in [0.1, 0.15) is 61.6 Å². The van der Waals surface area contributed by atoms with Gasteiger partial charge in [0.1, 0.15) is 11.3 Å². The maximum atomic E-state index is 11.9. The molecule has 2 aromatic rings. The molecule has 0 aliphatic rings. The van der Waals surface area contributed by atoms with Gasteiger partial charge < -0.3 is 13.7 Å². The van der Waals surface area contributed by atoms with Crippen molar-refractivity contribution in [3.05, 3.63) is 35.4 Å². The van der Waals surface area contributed by atoms with Crippen LogP contribution in [0.25, 0.3) is 0 Å². The number of carbonyl (C=O) groups excluding carboxylic acids is 1. The van der Waals surface area contributed by atoms with Gasteiger partial charge in [0, 0.05) is 5.41 Å². The number of rotatable bonds is 3. The van der Waals surface area contributed by atoms with Crippen molar-refractivity contribution in [2.24, 2.45) is 0 Å². The third-order valence-electron chi connectivity index (χ3n) is 2.82. The minimum Gasteiger partial charge on any atom is -0.469 e. The molecule has 0 radical (unpaired) electrons. The Bertz CT molecular complexity index is 607. The van der Waals surface area contributed by atoms with E-state index in [0.717, 1.165) is 0 Å². The average Bonchev–Trinajstić information content (AvgIpc) is 2.95. The molecular formula is C14H18N2O4. The SMILES string of the molecule is Cc1occc1C(=O)OC(C)c1nc(C(C)(C)C)no1. The summed E-state index contributed by atoms with van der Waals surface area (Å²) in [5, 5.41) is 3.90. The van der Waals surface area contributed by atoms with Gasteiger partial charge in [-0.1, -0.05) is 25.9 Å². The van der Waals surface area contributed by atoms with Gasteiger partial charge >= 0.3 is 5.97 Å². The Balaban J connectivity index is 2.09. The van der Waals surface area contributed by atoms with Gasteiger partial charge in [-0.15, -0.1) is 0 Å². The zero-order valence-electron chi connectivity index (χ0n) is 12.3. The van der Waals surface area contributed by atoms with E-state index in [1.54, 1.807) is 19.9 Å². The first-order chi connectivity index (χ1) is 9.29. The molecule has 108 valence electrons. The first-order valence-corrected chi connectivity index (χ1v) is 6.38. The van der Waals surface area contributed by atoms with Crippen LogP contribution >= 0.6 is 0 Å². The van der Waals surface area contributed by atoms with Gasteiger partial charge in [-0.3, -0.25) is 0 Å². The minimum absolute atomic E-state index is 0.216. The summed E-state index contributed by atoms with van der Waals surface area (Å²) < 4.78 is 15.5. The van der Waals surface area contributed by atoms with Crippen LogP contribution in [-0.2, 0) is 10.2 Å². The number of hydrogen-bond donors (Lipinski definition) is 0. The maximum absolute atomic E-state index is 11.9. The molecule has 0 aliphatic carbocycles. The van der Waals surface area contributed by atoms with E-state index in [0.29, 0.717) is 17.1 Å². The summed E-state index contributed by atoms with van der Waals surface area (Å²) in [4.78, 5) is 16.2. The van der Waals surface area contributed by atoms with Crippen molar-refractivity contribution in [3.8, 4) is 0 Å². The number of esters is 1. The Morgan fingerprint density at radius 3 is 2.60 bits per heavy atom. The quantitative estimate of drug-likeness (QED) is 0.802. The normalized spacial score (nSPS) is 13.2. The molecule has 0 saturated heterocycles. The molecule has 0 N–H and O–H groups in total. The lowest BCUT2D eigenvalue weighted by atomic mass is 9.96. The number of carbonyl (C=O) groups is 1. The summed E-state index contributed by atoms with van der Waals surface area (Å²) in [5.74, 6) is 0.904. The number of nitrogens with zero attached hydrogens (tertiary/aromatic N) is 2. The van der Waals surface area contributed by atoms with Crippen molar-refractivity contribution >= 4 is 5.97 Å². The van der Waals surface area contributed by atoms with Gasteiger partial charge in [0.25, 0.3) is 5.89 Å². The lowest BCUT2D eigenvalue weighted by molar-refractivity contribution is 0.0263. The van der Waals surface area contributed by atoms with E-state index >= 15 is 0 Å². The minimum atomic E-state index is -0.611. The Labute approximate surface area is 117 Å². The van der Waals surface area contributed by atoms with Gasteiger partial charge in [-0.25, -0.2) is 4.79 Å². The first kappa shape index (κ1) is 14.3. The highest BCUT2D eigenvalue weighted by atomic mass is 16.6. The lowest BCUT2D eigenvalue weighted by Crippen LogP contribution is -2.14. The van der Waals surface area contributed by atoms with Crippen LogP contribution in [0.5, 0.6) is 0 Å². The molecule has 1 atom stereocenters. The standard InChI is InChI=1S/C14H18N2O4/c1-8-10(6-7-18-8)12(17)19-9(2)11-15-13(16-20-11)14(3,4)5/h6-7,9H,1-5H3. The maximum Gasteiger partial charge on any atom is 0.342 e. The van der Waals surface area contributed by atoms with E-state index in [4.69, 9.17) is 13.7 Å². The highest BCUT2D eigenvalue weighted by Crippen LogP contribution is 2.23. The molecule has 0 bridgehead atoms. The molecule has 0 spiro atoms. The monoisotopic (exact) mass is 278 g/mol. The topological polar surface area (TPSA) is 78.4 Å². The van der Waals surface area contributed by atoms with Crippen LogP contribution in [0.2, 0.25) is 0 Å². The molecule has 0 aromatic carbocycles. The Morgan fingerprint density at radius 1 is 1.40 bits per heavy atom. The Kier molecular flexibility index (Phi) is 3.65. The summed E-state index contributed by atoms with van der Waals surface area (Å²) in [6.07, 6.45) is 0.835. The Hall–Kier alpha value is -2.11. The van der Waals surface area contributed by atoms with E-state index in [-0.39, 0.29) is 11.3 Å². The first-order valence-electron chi connectivity index (χ1n) is 6.38. The molecule has 0 fully saturated rings. The summed E-state index contributed by atoms with van der Waals surface area (Å²) in [6, 6.07) is 1.57. The second-order valence-electron chi connectivity index (χ2n) is 5.64. The molecule has 6 nitrogen and oxygen atoms in total. The third-order valence-corrected chi connectivity index (χ3v) is 2.82. The number of aromatic nitrogens is 2. The zero-order chi connectivity index (χ0) is 14.9. The molecule has 0 amide bonds. The highest BCUT2D eigenvalue weighted by Gasteiger charge is 2.25. The van der Waals surface area contributed by atoms with Crippen molar-refractivity contribution in [3.63, 3.8) is 0 Å². The van der Waals surface area contributed by atoms with Gasteiger partial charge in [-0.05, 0) is 19.9 Å². The van der Waals surface area contributed by atoms with E-state index in [9.17, 15) is 4.79 Å².